The van der Waals surface area contributed by atoms with Crippen molar-refractivity contribution in [2.45, 2.75) is 46.1 Å². The summed E-state index contributed by atoms with van der Waals surface area (Å²) in [5.74, 6) is 1.22. The predicted octanol–water partition coefficient (Wildman–Crippen LogP) is 3.06. The molecule has 2 rings (SSSR count). The molecule has 1 unspecified atom stereocenters. The van der Waals surface area contributed by atoms with E-state index in [1.165, 1.54) is 0 Å². The number of esters is 1. The summed E-state index contributed by atoms with van der Waals surface area (Å²) >= 11 is 0. The molecule has 7 heteroatoms. The van der Waals surface area contributed by atoms with Gasteiger partial charge in [-0.15, -0.1) is 0 Å². The van der Waals surface area contributed by atoms with Crippen molar-refractivity contribution < 1.29 is 18.8 Å². The third-order valence-electron chi connectivity index (χ3n) is 3.56. The molecule has 136 valence electrons. The van der Waals surface area contributed by atoms with Crippen LogP contribution in [0, 0.1) is 5.92 Å². The van der Waals surface area contributed by atoms with Gasteiger partial charge in [-0.3, -0.25) is 4.98 Å². The first-order chi connectivity index (χ1) is 12.1. The third-order valence-corrected chi connectivity index (χ3v) is 3.56. The van der Waals surface area contributed by atoms with E-state index in [2.05, 4.69) is 29.0 Å². The van der Waals surface area contributed by atoms with Crippen LogP contribution >= 0.6 is 0 Å². The molecular weight excluding hydrogens is 322 g/mol. The molecule has 2 aromatic rings. The number of carbonyl (C=O) groups is 1. The molecule has 0 aliphatic heterocycles. The van der Waals surface area contributed by atoms with Crippen molar-refractivity contribution in [3.05, 3.63) is 30.4 Å². The Balaban J connectivity index is 1.66. The van der Waals surface area contributed by atoms with Gasteiger partial charge >= 0.3 is 5.97 Å². The molecule has 25 heavy (non-hydrogen) atoms. The number of aromatic nitrogens is 3. The third kappa shape index (κ3) is 6.62. The Kier molecular flexibility index (Phi) is 7.53. The summed E-state index contributed by atoms with van der Waals surface area (Å²) in [5, 5.41) is 3.92. The Morgan fingerprint density at radius 2 is 2.12 bits per heavy atom. The number of ether oxygens (including phenoxy) is 2. The van der Waals surface area contributed by atoms with Crippen LogP contribution in [0.15, 0.2) is 29.0 Å². The number of nitrogens with zero attached hydrogens (tertiary/aromatic N) is 3. The highest BCUT2D eigenvalue weighted by atomic mass is 16.6. The zero-order chi connectivity index (χ0) is 18.1. The summed E-state index contributed by atoms with van der Waals surface area (Å²) in [4.78, 5) is 20.1. The Labute approximate surface area is 147 Å². The fourth-order valence-corrected chi connectivity index (χ4v) is 2.03. The van der Waals surface area contributed by atoms with Gasteiger partial charge in [0.05, 0.1) is 6.61 Å². The molecule has 7 nitrogen and oxygen atoms in total. The maximum absolute atomic E-state index is 11.8. The van der Waals surface area contributed by atoms with E-state index in [9.17, 15) is 4.79 Å². The maximum atomic E-state index is 11.8. The normalized spacial score (nSPS) is 12.3. The molecule has 1 atom stereocenters. The highest BCUT2D eigenvalue weighted by Crippen LogP contribution is 2.14. The quantitative estimate of drug-likeness (QED) is 0.482. The van der Waals surface area contributed by atoms with Crippen molar-refractivity contribution in [3.63, 3.8) is 0 Å². The van der Waals surface area contributed by atoms with E-state index in [1.54, 1.807) is 19.3 Å². The lowest BCUT2D eigenvalue weighted by Crippen LogP contribution is -2.24. The Morgan fingerprint density at radius 1 is 1.28 bits per heavy atom. The first-order valence-electron chi connectivity index (χ1n) is 8.57. The largest absolute Gasteiger partial charge is 0.464 e. The Bertz CT molecular complexity index is 643. The number of pyridine rings is 1. The monoisotopic (exact) mass is 347 g/mol. The van der Waals surface area contributed by atoms with E-state index in [0.29, 0.717) is 43.7 Å². The molecule has 0 aliphatic carbocycles. The number of hydrogen-bond acceptors (Lipinski definition) is 7. The lowest BCUT2D eigenvalue weighted by Gasteiger charge is -2.13. The topological polar surface area (TPSA) is 87.3 Å². The molecule has 0 aromatic carbocycles. The lowest BCUT2D eigenvalue weighted by molar-refractivity contribution is -0.156. The average Bonchev–Trinajstić information content (AvgIpc) is 3.08. The predicted molar refractivity (Wildman–Crippen MR) is 91.7 cm³/mol. The summed E-state index contributed by atoms with van der Waals surface area (Å²) in [6, 6.07) is 3.68. The van der Waals surface area contributed by atoms with Crippen LogP contribution in [0.4, 0.5) is 0 Å². The standard InChI is InChI=1S/C18H25N3O4/c1-13(2)8-11-23-14(3)18(22)24-10-5-7-16-20-17(21-25-16)15-6-4-9-19-12-15/h4,6,9,12-14H,5,7-8,10-11H2,1-3H3. The zero-order valence-corrected chi connectivity index (χ0v) is 15.0. The second-order valence-electron chi connectivity index (χ2n) is 6.22. The minimum atomic E-state index is -0.542. The molecule has 0 spiro atoms. The van der Waals surface area contributed by atoms with E-state index in [0.717, 1.165) is 12.0 Å². The van der Waals surface area contributed by atoms with Crippen LogP contribution in [-0.4, -0.2) is 40.4 Å². The Hall–Kier alpha value is -2.28. The zero-order valence-electron chi connectivity index (χ0n) is 15.0. The van der Waals surface area contributed by atoms with Gasteiger partial charge < -0.3 is 14.0 Å². The van der Waals surface area contributed by atoms with Crippen LogP contribution in [-0.2, 0) is 20.7 Å². The minimum absolute atomic E-state index is 0.293. The highest BCUT2D eigenvalue weighted by Gasteiger charge is 2.15. The summed E-state index contributed by atoms with van der Waals surface area (Å²) in [6.07, 6.45) is 4.90. The van der Waals surface area contributed by atoms with Crippen LogP contribution in [0.25, 0.3) is 11.4 Å². The van der Waals surface area contributed by atoms with Gasteiger partial charge in [0.15, 0.2) is 6.10 Å². The molecule has 0 saturated carbocycles. The van der Waals surface area contributed by atoms with Crippen molar-refractivity contribution in [1.82, 2.24) is 15.1 Å². The molecule has 2 heterocycles. The maximum Gasteiger partial charge on any atom is 0.334 e. The SMILES string of the molecule is CC(C)CCOC(C)C(=O)OCCCc1nc(-c2cccnc2)no1. The molecule has 0 amide bonds. The van der Waals surface area contributed by atoms with Gasteiger partial charge in [-0.2, -0.15) is 4.98 Å². The van der Waals surface area contributed by atoms with Crippen LogP contribution in [0.2, 0.25) is 0 Å². The van der Waals surface area contributed by atoms with Gasteiger partial charge in [-0.25, -0.2) is 4.79 Å². The Morgan fingerprint density at radius 3 is 2.84 bits per heavy atom. The van der Waals surface area contributed by atoms with Crippen molar-refractivity contribution in [3.8, 4) is 11.4 Å². The fourth-order valence-electron chi connectivity index (χ4n) is 2.03. The van der Waals surface area contributed by atoms with Crippen LogP contribution < -0.4 is 0 Å². The van der Waals surface area contributed by atoms with Crippen molar-refractivity contribution in [2.75, 3.05) is 13.2 Å². The van der Waals surface area contributed by atoms with Crippen LogP contribution in [0.1, 0.15) is 39.5 Å². The molecular formula is C18H25N3O4. The molecule has 0 radical (unpaired) electrons. The van der Waals surface area contributed by atoms with Gasteiger partial charge in [0.2, 0.25) is 11.7 Å². The van der Waals surface area contributed by atoms with E-state index < -0.39 is 6.10 Å². The summed E-state index contributed by atoms with van der Waals surface area (Å²) in [5.41, 5.74) is 0.802. The molecule has 0 saturated heterocycles. The molecule has 0 aliphatic rings. The molecule has 0 N–H and O–H groups in total. The number of rotatable bonds is 10. The van der Waals surface area contributed by atoms with Crippen molar-refractivity contribution in [1.29, 1.82) is 0 Å². The minimum Gasteiger partial charge on any atom is -0.464 e. The summed E-state index contributed by atoms with van der Waals surface area (Å²) in [7, 11) is 0. The molecule has 2 aromatic heterocycles. The fraction of sp³-hybridized carbons (Fsp3) is 0.556. The first-order valence-corrected chi connectivity index (χ1v) is 8.57. The van der Waals surface area contributed by atoms with E-state index in [1.807, 2.05) is 12.1 Å². The highest BCUT2D eigenvalue weighted by molar-refractivity contribution is 5.74. The second-order valence-corrected chi connectivity index (χ2v) is 6.22. The van der Waals surface area contributed by atoms with Gasteiger partial charge in [0.1, 0.15) is 0 Å². The molecule has 0 fully saturated rings. The summed E-state index contributed by atoms with van der Waals surface area (Å²) in [6.45, 7) is 6.79. The van der Waals surface area contributed by atoms with E-state index in [4.69, 9.17) is 14.0 Å². The van der Waals surface area contributed by atoms with Gasteiger partial charge in [-0.1, -0.05) is 19.0 Å². The number of hydrogen-bond donors (Lipinski definition) is 0. The smallest absolute Gasteiger partial charge is 0.334 e. The molecule has 0 bridgehead atoms. The number of aryl methyl sites for hydroxylation is 1. The van der Waals surface area contributed by atoms with Gasteiger partial charge in [-0.05, 0) is 37.8 Å². The van der Waals surface area contributed by atoms with Gasteiger partial charge in [0.25, 0.3) is 0 Å². The van der Waals surface area contributed by atoms with Crippen molar-refractivity contribution >= 4 is 5.97 Å². The number of carbonyl (C=O) groups excluding carboxylic acids is 1. The lowest BCUT2D eigenvalue weighted by atomic mass is 10.1. The van der Waals surface area contributed by atoms with E-state index in [-0.39, 0.29) is 5.97 Å². The second kappa shape index (κ2) is 9.88. The van der Waals surface area contributed by atoms with E-state index >= 15 is 0 Å². The van der Waals surface area contributed by atoms with Gasteiger partial charge in [0, 0.05) is 31.0 Å². The first kappa shape index (κ1) is 19.1. The van der Waals surface area contributed by atoms with Crippen molar-refractivity contribution in [2.24, 2.45) is 5.92 Å². The average molecular weight is 347 g/mol. The van der Waals surface area contributed by atoms with Crippen LogP contribution in [0.5, 0.6) is 0 Å². The van der Waals surface area contributed by atoms with Crippen LogP contribution in [0.3, 0.4) is 0 Å². The summed E-state index contributed by atoms with van der Waals surface area (Å²) < 4.78 is 15.9.